The number of rotatable bonds is 5. The minimum absolute atomic E-state index is 0.0339. The highest BCUT2D eigenvalue weighted by Crippen LogP contribution is 2.16. The van der Waals surface area contributed by atoms with Gasteiger partial charge in [0.15, 0.2) is 0 Å². The van der Waals surface area contributed by atoms with E-state index in [1.54, 1.807) is 19.9 Å². The SMILES string of the molecule is CCN(CC)C(=O)/C(C#N)=C/C1=CC(=O)C(=O)C([N+](=O)[O-])=C1. The van der Waals surface area contributed by atoms with E-state index in [-0.39, 0.29) is 11.1 Å². The van der Waals surface area contributed by atoms with Gasteiger partial charge in [-0.05, 0) is 31.6 Å². The first-order chi connectivity index (χ1) is 10.3. The van der Waals surface area contributed by atoms with Gasteiger partial charge in [0, 0.05) is 19.2 Å². The average molecular weight is 303 g/mol. The van der Waals surface area contributed by atoms with E-state index in [9.17, 15) is 24.5 Å². The molecule has 0 bridgehead atoms. The monoisotopic (exact) mass is 303 g/mol. The second-order valence-electron chi connectivity index (χ2n) is 4.27. The Labute approximate surface area is 126 Å². The first kappa shape index (κ1) is 17.0. The van der Waals surface area contributed by atoms with Crippen LogP contribution in [0.3, 0.4) is 0 Å². The third kappa shape index (κ3) is 3.52. The summed E-state index contributed by atoms with van der Waals surface area (Å²) in [6, 6.07) is 1.70. The molecule has 1 aliphatic rings. The molecule has 0 heterocycles. The molecule has 0 atom stereocenters. The van der Waals surface area contributed by atoms with Crippen molar-refractivity contribution < 1.29 is 19.3 Å². The van der Waals surface area contributed by atoms with Crippen LogP contribution in [-0.2, 0) is 14.4 Å². The van der Waals surface area contributed by atoms with E-state index in [4.69, 9.17) is 5.26 Å². The fraction of sp³-hybridized carbons (Fsp3) is 0.286. The van der Waals surface area contributed by atoms with Gasteiger partial charge in [0.1, 0.15) is 11.6 Å². The maximum absolute atomic E-state index is 12.1. The second kappa shape index (κ2) is 7.08. The third-order valence-corrected chi connectivity index (χ3v) is 2.97. The molecule has 0 aromatic carbocycles. The lowest BCUT2D eigenvalue weighted by molar-refractivity contribution is -0.418. The van der Waals surface area contributed by atoms with E-state index in [0.29, 0.717) is 13.1 Å². The number of hydrogen-bond acceptors (Lipinski definition) is 6. The van der Waals surface area contributed by atoms with E-state index in [1.165, 1.54) is 4.90 Å². The summed E-state index contributed by atoms with van der Waals surface area (Å²) in [4.78, 5) is 46.0. The molecule has 1 amide bonds. The zero-order valence-electron chi connectivity index (χ0n) is 12.0. The molecule has 8 nitrogen and oxygen atoms in total. The molecule has 114 valence electrons. The summed E-state index contributed by atoms with van der Waals surface area (Å²) in [5, 5.41) is 19.8. The Kier molecular flexibility index (Phi) is 5.46. The van der Waals surface area contributed by atoms with Crippen LogP contribution in [0.4, 0.5) is 0 Å². The van der Waals surface area contributed by atoms with Crippen LogP contribution in [0.1, 0.15) is 13.8 Å². The Morgan fingerprint density at radius 2 is 1.95 bits per heavy atom. The van der Waals surface area contributed by atoms with E-state index in [1.807, 2.05) is 0 Å². The van der Waals surface area contributed by atoms with Crippen molar-refractivity contribution in [2.75, 3.05) is 13.1 Å². The molecule has 0 saturated heterocycles. The number of nitrogens with zero attached hydrogens (tertiary/aromatic N) is 3. The van der Waals surface area contributed by atoms with E-state index in [0.717, 1.165) is 18.2 Å². The average Bonchev–Trinajstić information content (AvgIpc) is 2.48. The summed E-state index contributed by atoms with van der Waals surface area (Å²) >= 11 is 0. The molecule has 0 unspecified atom stereocenters. The number of amides is 1. The molecule has 1 rings (SSSR count). The zero-order chi connectivity index (χ0) is 16.9. The molecule has 0 aromatic rings. The zero-order valence-corrected chi connectivity index (χ0v) is 12.0. The van der Waals surface area contributed by atoms with Gasteiger partial charge in [0.05, 0.1) is 4.92 Å². The van der Waals surface area contributed by atoms with Gasteiger partial charge in [-0.25, -0.2) is 0 Å². The molecule has 22 heavy (non-hydrogen) atoms. The molecule has 0 aliphatic heterocycles. The van der Waals surface area contributed by atoms with E-state index in [2.05, 4.69) is 0 Å². The number of carbonyl (C=O) groups excluding carboxylic acids is 3. The second-order valence-corrected chi connectivity index (χ2v) is 4.27. The number of likely N-dealkylation sites (N-methyl/N-ethyl adjacent to an activating group) is 1. The van der Waals surface area contributed by atoms with Crippen LogP contribution in [-0.4, -0.2) is 40.4 Å². The van der Waals surface area contributed by atoms with Crippen molar-refractivity contribution in [3.05, 3.63) is 45.2 Å². The standard InChI is InChI=1S/C14H13N3O5/c1-3-16(4-2)14(20)10(8-15)5-9-6-11(17(21)22)13(19)12(18)7-9/h5-7H,3-4H2,1-2H3/b10-5+. The summed E-state index contributed by atoms with van der Waals surface area (Å²) < 4.78 is 0. The maximum atomic E-state index is 12.1. The Bertz CT molecular complexity index is 675. The molecule has 8 heteroatoms. The molecule has 0 aromatic heterocycles. The molecular formula is C14H13N3O5. The highest BCUT2D eigenvalue weighted by atomic mass is 16.6. The van der Waals surface area contributed by atoms with Gasteiger partial charge >= 0.3 is 11.5 Å². The molecule has 0 radical (unpaired) electrons. The summed E-state index contributed by atoms with van der Waals surface area (Å²) in [7, 11) is 0. The van der Waals surface area contributed by atoms with Crippen molar-refractivity contribution in [3.63, 3.8) is 0 Å². The summed E-state index contributed by atoms with van der Waals surface area (Å²) in [5.41, 5.74) is -1.18. The lowest BCUT2D eigenvalue weighted by Crippen LogP contribution is -2.31. The molecule has 1 aliphatic carbocycles. The van der Waals surface area contributed by atoms with Crippen molar-refractivity contribution in [3.8, 4) is 6.07 Å². The Balaban J connectivity index is 3.24. The lowest BCUT2D eigenvalue weighted by Gasteiger charge is -2.17. The summed E-state index contributed by atoms with van der Waals surface area (Å²) in [6.45, 7) is 4.26. The maximum Gasteiger partial charge on any atom is 0.321 e. The molecule has 0 spiro atoms. The van der Waals surface area contributed by atoms with Crippen LogP contribution in [0.15, 0.2) is 35.1 Å². The van der Waals surface area contributed by atoms with Gasteiger partial charge in [0.2, 0.25) is 5.78 Å². The number of allylic oxidation sites excluding steroid dienone is 5. The van der Waals surface area contributed by atoms with Crippen LogP contribution >= 0.6 is 0 Å². The number of carbonyl (C=O) groups is 3. The molecular weight excluding hydrogens is 290 g/mol. The highest BCUT2D eigenvalue weighted by Gasteiger charge is 2.31. The van der Waals surface area contributed by atoms with Crippen LogP contribution in [0.2, 0.25) is 0 Å². The Morgan fingerprint density at radius 1 is 1.36 bits per heavy atom. The van der Waals surface area contributed by atoms with Gasteiger partial charge in [0.25, 0.3) is 5.91 Å². The smallest absolute Gasteiger partial charge is 0.321 e. The van der Waals surface area contributed by atoms with Gasteiger partial charge in [-0.2, -0.15) is 5.26 Å². The van der Waals surface area contributed by atoms with Gasteiger partial charge in [-0.15, -0.1) is 0 Å². The largest absolute Gasteiger partial charge is 0.339 e. The van der Waals surface area contributed by atoms with Crippen molar-refractivity contribution >= 4 is 17.5 Å². The summed E-state index contributed by atoms with van der Waals surface area (Å²) in [6.07, 6.45) is 2.80. The fourth-order valence-corrected chi connectivity index (χ4v) is 1.82. The van der Waals surface area contributed by atoms with Crippen LogP contribution < -0.4 is 0 Å². The minimum Gasteiger partial charge on any atom is -0.339 e. The molecule has 0 N–H and O–H groups in total. The van der Waals surface area contributed by atoms with Crippen LogP contribution in [0.25, 0.3) is 0 Å². The van der Waals surface area contributed by atoms with Crippen LogP contribution in [0.5, 0.6) is 0 Å². The van der Waals surface area contributed by atoms with Crippen molar-refractivity contribution in [1.29, 1.82) is 5.26 Å². The quantitative estimate of drug-likeness (QED) is 0.182. The first-order valence-corrected chi connectivity index (χ1v) is 6.43. The molecule has 0 saturated carbocycles. The first-order valence-electron chi connectivity index (χ1n) is 6.43. The number of ketones is 2. The summed E-state index contributed by atoms with van der Waals surface area (Å²) in [5.74, 6) is -2.84. The Morgan fingerprint density at radius 3 is 2.41 bits per heavy atom. The van der Waals surface area contributed by atoms with Gasteiger partial charge < -0.3 is 4.90 Å². The normalized spacial score (nSPS) is 14.9. The van der Waals surface area contributed by atoms with E-state index >= 15 is 0 Å². The minimum atomic E-state index is -1.23. The number of nitriles is 1. The van der Waals surface area contributed by atoms with Crippen molar-refractivity contribution in [2.45, 2.75) is 13.8 Å². The van der Waals surface area contributed by atoms with E-state index < -0.39 is 28.1 Å². The highest BCUT2D eigenvalue weighted by molar-refractivity contribution is 6.47. The number of Topliss-reactive ketones (excluding diaryl/α,β-unsaturated/α-hetero) is 1. The number of nitro groups is 1. The topological polar surface area (TPSA) is 121 Å². The van der Waals surface area contributed by atoms with Crippen molar-refractivity contribution in [2.24, 2.45) is 0 Å². The van der Waals surface area contributed by atoms with Gasteiger partial charge in [-0.1, -0.05) is 0 Å². The predicted octanol–water partition coefficient (Wildman–Crippen LogP) is 0.544. The van der Waals surface area contributed by atoms with Gasteiger partial charge in [-0.3, -0.25) is 24.5 Å². The Hall–Kier alpha value is -3.08. The number of hydrogen-bond donors (Lipinski definition) is 0. The lowest BCUT2D eigenvalue weighted by atomic mass is 10.00. The predicted molar refractivity (Wildman–Crippen MR) is 74.8 cm³/mol. The van der Waals surface area contributed by atoms with Crippen LogP contribution in [0, 0.1) is 21.4 Å². The fourth-order valence-electron chi connectivity index (χ4n) is 1.82. The molecule has 0 fully saturated rings. The van der Waals surface area contributed by atoms with Crippen molar-refractivity contribution in [1.82, 2.24) is 4.90 Å². The third-order valence-electron chi connectivity index (χ3n) is 2.97.